The highest BCUT2D eigenvalue weighted by Gasteiger charge is 2.14. The van der Waals surface area contributed by atoms with E-state index in [1.165, 1.54) is 10.2 Å². The molecule has 0 bridgehead atoms. The summed E-state index contributed by atoms with van der Waals surface area (Å²) in [4.78, 5) is 4.01. The number of hydrogen-bond donors (Lipinski definition) is 1. The van der Waals surface area contributed by atoms with Crippen LogP contribution in [-0.2, 0) is 6.42 Å². The molecular weight excluding hydrogens is 318 g/mol. The fraction of sp³-hybridized carbons (Fsp3) is 0.133. The average Bonchev–Trinajstić information content (AvgIpc) is 2.90. The number of aromatic nitrogens is 4. The van der Waals surface area contributed by atoms with Crippen molar-refractivity contribution in [2.24, 2.45) is 0 Å². The number of aryl methyl sites for hydroxylation is 1. The first-order valence-corrected chi connectivity index (χ1v) is 8.09. The van der Waals surface area contributed by atoms with Crippen molar-refractivity contribution in [3.05, 3.63) is 59.4 Å². The second kappa shape index (κ2) is 6.81. The monoisotopic (exact) mass is 331 g/mol. The number of halogens is 1. The van der Waals surface area contributed by atoms with Crippen molar-refractivity contribution in [3.63, 3.8) is 0 Å². The van der Waals surface area contributed by atoms with E-state index in [9.17, 15) is 0 Å². The Morgan fingerprint density at radius 1 is 1.09 bits per heavy atom. The molecule has 5 nitrogen and oxygen atoms in total. The molecule has 0 saturated heterocycles. The van der Waals surface area contributed by atoms with Crippen LogP contribution in [0, 0.1) is 0 Å². The van der Waals surface area contributed by atoms with Crippen molar-refractivity contribution in [1.29, 1.82) is 0 Å². The third-order valence-corrected chi connectivity index (χ3v) is 4.42. The summed E-state index contributed by atoms with van der Waals surface area (Å²) in [7, 11) is 0. The van der Waals surface area contributed by atoms with Gasteiger partial charge in [-0.05, 0) is 36.2 Å². The van der Waals surface area contributed by atoms with Gasteiger partial charge in [0.05, 0.1) is 5.02 Å². The first-order chi connectivity index (χ1) is 10.8. The predicted octanol–water partition coefficient (Wildman–Crippen LogP) is 3.04. The summed E-state index contributed by atoms with van der Waals surface area (Å²) in [5, 5.41) is 9.57. The highest BCUT2D eigenvalue weighted by atomic mass is 35.5. The van der Waals surface area contributed by atoms with E-state index in [-0.39, 0.29) is 0 Å². The molecule has 2 N–H and O–H groups in total. The number of nitrogens with zero attached hydrogens (tertiary/aromatic N) is 4. The first kappa shape index (κ1) is 14.9. The minimum Gasteiger partial charge on any atom is -0.335 e. The van der Waals surface area contributed by atoms with Gasteiger partial charge in [0.2, 0.25) is 5.16 Å². The van der Waals surface area contributed by atoms with Crippen LogP contribution in [0.15, 0.2) is 53.9 Å². The van der Waals surface area contributed by atoms with Crippen LogP contribution < -0.4 is 5.84 Å². The van der Waals surface area contributed by atoms with Crippen molar-refractivity contribution in [2.45, 2.75) is 11.6 Å². The minimum absolute atomic E-state index is 0.567. The molecule has 0 aliphatic heterocycles. The molecule has 112 valence electrons. The zero-order valence-corrected chi connectivity index (χ0v) is 13.3. The van der Waals surface area contributed by atoms with Crippen molar-refractivity contribution >= 4 is 23.4 Å². The molecular formula is C15H14ClN5S. The van der Waals surface area contributed by atoms with E-state index >= 15 is 0 Å². The Hall–Kier alpha value is -2.05. The maximum Gasteiger partial charge on any atom is 0.210 e. The first-order valence-electron chi connectivity index (χ1n) is 6.73. The highest BCUT2D eigenvalue weighted by molar-refractivity contribution is 7.99. The van der Waals surface area contributed by atoms with Crippen LogP contribution >= 0.6 is 23.4 Å². The summed E-state index contributed by atoms with van der Waals surface area (Å²) in [5.41, 5.74) is 2.01. The van der Waals surface area contributed by atoms with Crippen LogP contribution in [0.1, 0.15) is 5.56 Å². The Bertz CT molecular complexity index is 760. The molecule has 0 spiro atoms. The van der Waals surface area contributed by atoms with Gasteiger partial charge in [-0.15, -0.1) is 10.2 Å². The molecule has 22 heavy (non-hydrogen) atoms. The summed E-state index contributed by atoms with van der Waals surface area (Å²) in [6.45, 7) is 0. The lowest BCUT2D eigenvalue weighted by atomic mass is 10.2. The number of nitrogens with two attached hydrogens (primary N) is 1. The lowest BCUT2D eigenvalue weighted by Crippen LogP contribution is -2.12. The Kier molecular flexibility index (Phi) is 4.60. The average molecular weight is 332 g/mol. The number of nitrogen functional groups attached to an aromatic ring is 1. The molecule has 1 aromatic carbocycles. The summed E-state index contributed by atoms with van der Waals surface area (Å²) >= 11 is 7.74. The van der Waals surface area contributed by atoms with E-state index in [1.54, 1.807) is 24.2 Å². The van der Waals surface area contributed by atoms with Crippen LogP contribution in [0.2, 0.25) is 5.02 Å². The van der Waals surface area contributed by atoms with Crippen molar-refractivity contribution < 1.29 is 0 Å². The van der Waals surface area contributed by atoms with E-state index in [0.717, 1.165) is 17.7 Å². The molecule has 2 heterocycles. The van der Waals surface area contributed by atoms with E-state index in [0.29, 0.717) is 16.0 Å². The highest BCUT2D eigenvalue weighted by Crippen LogP contribution is 2.27. The van der Waals surface area contributed by atoms with Gasteiger partial charge in [0.1, 0.15) is 0 Å². The van der Waals surface area contributed by atoms with Gasteiger partial charge in [-0.3, -0.25) is 4.98 Å². The molecule has 0 aliphatic rings. The van der Waals surface area contributed by atoms with Crippen LogP contribution in [0.4, 0.5) is 0 Å². The summed E-state index contributed by atoms with van der Waals surface area (Å²) in [5.74, 6) is 7.52. The smallest absolute Gasteiger partial charge is 0.210 e. The molecule has 0 atom stereocenters. The number of pyridine rings is 1. The third kappa shape index (κ3) is 3.23. The number of benzene rings is 1. The molecule has 3 rings (SSSR count). The Balaban J connectivity index is 1.70. The van der Waals surface area contributed by atoms with E-state index in [2.05, 4.69) is 15.2 Å². The van der Waals surface area contributed by atoms with Gasteiger partial charge >= 0.3 is 0 Å². The Labute approximate surface area is 137 Å². The summed E-state index contributed by atoms with van der Waals surface area (Å²) in [6.07, 6.45) is 4.50. The molecule has 7 heteroatoms. The van der Waals surface area contributed by atoms with E-state index < -0.39 is 0 Å². The fourth-order valence-electron chi connectivity index (χ4n) is 2.01. The van der Waals surface area contributed by atoms with Gasteiger partial charge in [-0.25, -0.2) is 4.68 Å². The maximum atomic E-state index is 6.18. The SMILES string of the molecule is Nn1c(SCCc2ccncc2)nnc1-c1ccccc1Cl. The molecule has 0 saturated carbocycles. The van der Waals surface area contributed by atoms with Gasteiger partial charge < -0.3 is 5.84 Å². The van der Waals surface area contributed by atoms with Crippen molar-refractivity contribution in [3.8, 4) is 11.4 Å². The van der Waals surface area contributed by atoms with Crippen molar-refractivity contribution in [2.75, 3.05) is 11.6 Å². The zero-order chi connectivity index (χ0) is 15.4. The summed E-state index contributed by atoms with van der Waals surface area (Å²) < 4.78 is 1.48. The summed E-state index contributed by atoms with van der Waals surface area (Å²) in [6, 6.07) is 11.5. The van der Waals surface area contributed by atoms with Crippen LogP contribution in [0.5, 0.6) is 0 Å². The van der Waals surface area contributed by atoms with Crippen LogP contribution in [-0.4, -0.2) is 25.6 Å². The topological polar surface area (TPSA) is 69.6 Å². The molecule has 0 radical (unpaired) electrons. The van der Waals surface area contributed by atoms with E-state index in [1.807, 2.05) is 36.4 Å². The Morgan fingerprint density at radius 2 is 1.86 bits per heavy atom. The lowest BCUT2D eigenvalue weighted by molar-refractivity contribution is 0.849. The largest absolute Gasteiger partial charge is 0.335 e. The van der Waals surface area contributed by atoms with Crippen LogP contribution in [0.3, 0.4) is 0 Å². The van der Waals surface area contributed by atoms with Gasteiger partial charge in [0.25, 0.3) is 0 Å². The maximum absolute atomic E-state index is 6.18. The van der Waals surface area contributed by atoms with Crippen LogP contribution in [0.25, 0.3) is 11.4 Å². The number of thioether (sulfide) groups is 1. The third-order valence-electron chi connectivity index (χ3n) is 3.15. The Morgan fingerprint density at radius 3 is 2.64 bits per heavy atom. The van der Waals surface area contributed by atoms with Gasteiger partial charge in [-0.1, -0.05) is 35.5 Å². The van der Waals surface area contributed by atoms with Crippen molar-refractivity contribution in [1.82, 2.24) is 19.9 Å². The molecule has 0 amide bonds. The number of rotatable bonds is 5. The van der Waals surface area contributed by atoms with Gasteiger partial charge in [0, 0.05) is 23.7 Å². The fourth-order valence-corrected chi connectivity index (χ4v) is 3.08. The second-order valence-corrected chi connectivity index (χ2v) is 6.08. The molecule has 2 aromatic heterocycles. The predicted molar refractivity (Wildman–Crippen MR) is 89.3 cm³/mol. The molecule has 3 aromatic rings. The van der Waals surface area contributed by atoms with Gasteiger partial charge in [0.15, 0.2) is 5.82 Å². The van der Waals surface area contributed by atoms with Gasteiger partial charge in [-0.2, -0.15) is 0 Å². The standard InChI is InChI=1S/C15H14ClN5S/c16-13-4-2-1-3-12(13)14-19-20-15(21(14)17)22-10-7-11-5-8-18-9-6-11/h1-6,8-9H,7,10,17H2. The number of hydrogen-bond acceptors (Lipinski definition) is 5. The second-order valence-electron chi connectivity index (χ2n) is 4.61. The molecule has 0 fully saturated rings. The zero-order valence-electron chi connectivity index (χ0n) is 11.7. The quantitative estimate of drug-likeness (QED) is 0.575. The minimum atomic E-state index is 0.567. The lowest BCUT2D eigenvalue weighted by Gasteiger charge is -2.05. The van der Waals surface area contributed by atoms with E-state index in [4.69, 9.17) is 17.4 Å². The molecule has 0 unspecified atom stereocenters. The normalized spacial score (nSPS) is 10.8. The molecule has 0 aliphatic carbocycles.